The van der Waals surface area contributed by atoms with E-state index in [1.807, 2.05) is 42.5 Å². The number of hydrogen-bond acceptors (Lipinski definition) is 4. The van der Waals surface area contributed by atoms with Crippen LogP contribution in [0.2, 0.25) is 0 Å². The van der Waals surface area contributed by atoms with E-state index in [0.29, 0.717) is 13.0 Å². The molecule has 0 radical (unpaired) electrons. The van der Waals surface area contributed by atoms with Crippen LogP contribution in [0.1, 0.15) is 51.6 Å². The van der Waals surface area contributed by atoms with Gasteiger partial charge in [-0.25, -0.2) is 0 Å². The second kappa shape index (κ2) is 7.42. The number of para-hydroxylation sites is 3. The molecular formula is C24H28N2O2. The highest BCUT2D eigenvalue weighted by molar-refractivity contribution is 6.10. The Morgan fingerprint density at radius 1 is 1.11 bits per heavy atom. The summed E-state index contributed by atoms with van der Waals surface area (Å²) in [4.78, 5) is 18.3. The quantitative estimate of drug-likeness (QED) is 0.742. The molecule has 146 valence electrons. The summed E-state index contributed by atoms with van der Waals surface area (Å²) in [6.07, 6.45) is 2.34. The molecule has 0 aromatic heterocycles. The average Bonchev–Trinajstić information content (AvgIpc) is 2.82. The molecule has 4 rings (SSSR count). The number of hydrogen-bond donors (Lipinski definition) is 1. The number of fused-ring (bicyclic) bond motifs is 2. The van der Waals surface area contributed by atoms with Gasteiger partial charge in [0.2, 0.25) is 0 Å². The fraction of sp³-hybridized carbons (Fsp3) is 0.417. The van der Waals surface area contributed by atoms with Crippen LogP contribution < -0.4 is 10.1 Å². The van der Waals surface area contributed by atoms with Crippen LogP contribution in [0.15, 0.2) is 53.5 Å². The van der Waals surface area contributed by atoms with Crippen molar-refractivity contribution >= 4 is 22.9 Å². The smallest absolute Gasteiger partial charge is 0.144 e. The fourth-order valence-corrected chi connectivity index (χ4v) is 4.35. The van der Waals surface area contributed by atoms with E-state index in [9.17, 15) is 4.79 Å². The predicted octanol–water partition coefficient (Wildman–Crippen LogP) is 5.72. The van der Waals surface area contributed by atoms with E-state index in [2.05, 4.69) is 32.2 Å². The van der Waals surface area contributed by atoms with Crippen molar-refractivity contribution in [2.24, 2.45) is 16.3 Å². The Bertz CT molecular complexity index is 916. The third-order valence-corrected chi connectivity index (χ3v) is 5.55. The number of ketones is 1. The first-order valence-corrected chi connectivity index (χ1v) is 10.2. The second-order valence-corrected chi connectivity index (χ2v) is 8.59. The normalized spacial score (nSPS) is 23.0. The first kappa shape index (κ1) is 18.7. The lowest BCUT2D eigenvalue weighted by Crippen LogP contribution is -2.42. The summed E-state index contributed by atoms with van der Waals surface area (Å²) in [6, 6.07) is 15.9. The van der Waals surface area contributed by atoms with Crippen LogP contribution in [0.4, 0.5) is 11.4 Å². The summed E-state index contributed by atoms with van der Waals surface area (Å²) in [5, 5.41) is 3.63. The number of aliphatic imine (C=N–C) groups is 1. The van der Waals surface area contributed by atoms with Crippen molar-refractivity contribution in [2.75, 3.05) is 11.9 Å². The predicted molar refractivity (Wildman–Crippen MR) is 114 cm³/mol. The molecule has 0 unspecified atom stereocenters. The van der Waals surface area contributed by atoms with Crippen molar-refractivity contribution in [1.82, 2.24) is 0 Å². The Morgan fingerprint density at radius 3 is 2.68 bits per heavy atom. The van der Waals surface area contributed by atoms with Crippen LogP contribution in [0, 0.1) is 11.3 Å². The van der Waals surface area contributed by atoms with Gasteiger partial charge >= 0.3 is 0 Å². The molecule has 1 aliphatic carbocycles. The number of nitrogens with zero attached hydrogens (tertiary/aromatic N) is 1. The Morgan fingerprint density at radius 2 is 1.86 bits per heavy atom. The van der Waals surface area contributed by atoms with E-state index in [-0.39, 0.29) is 23.2 Å². The van der Waals surface area contributed by atoms with Gasteiger partial charge < -0.3 is 10.1 Å². The lowest BCUT2D eigenvalue weighted by atomic mass is 9.68. The molecule has 0 amide bonds. The van der Waals surface area contributed by atoms with E-state index >= 15 is 0 Å². The van der Waals surface area contributed by atoms with E-state index in [4.69, 9.17) is 9.73 Å². The van der Waals surface area contributed by atoms with Crippen LogP contribution in [0.3, 0.4) is 0 Å². The molecule has 2 aliphatic rings. The van der Waals surface area contributed by atoms with Crippen molar-refractivity contribution in [3.8, 4) is 5.75 Å². The van der Waals surface area contributed by atoms with Gasteiger partial charge in [-0.1, -0.05) is 51.1 Å². The molecular weight excluding hydrogens is 348 g/mol. The molecule has 4 nitrogen and oxygen atoms in total. The fourth-order valence-electron chi connectivity index (χ4n) is 4.35. The maximum absolute atomic E-state index is 13.3. The zero-order chi connectivity index (χ0) is 19.7. The van der Waals surface area contributed by atoms with Gasteiger partial charge in [0.1, 0.15) is 11.5 Å². The van der Waals surface area contributed by atoms with E-state index in [1.54, 1.807) is 0 Å². The first-order valence-electron chi connectivity index (χ1n) is 10.2. The summed E-state index contributed by atoms with van der Waals surface area (Å²) in [5.74, 6) is 0.829. The van der Waals surface area contributed by atoms with Crippen molar-refractivity contribution in [3.63, 3.8) is 0 Å². The number of anilines is 1. The van der Waals surface area contributed by atoms with Crippen LogP contribution in [0.5, 0.6) is 5.75 Å². The topological polar surface area (TPSA) is 50.7 Å². The largest absolute Gasteiger partial charge is 0.493 e. The van der Waals surface area contributed by atoms with Crippen molar-refractivity contribution in [2.45, 2.75) is 46.1 Å². The SMILES string of the molecule is CCCOc1ccccc1[C@@H]1Nc2ccccc2N=C2CC(C)(C)CC(=O)[C@H]21. The standard InChI is InChI=1S/C24H28N2O2/c1-4-13-28-21-12-8-5-9-16(21)23-22-19(14-24(2,3)15-20(22)27)25-17-10-6-7-11-18(17)26-23/h5-12,22-23,26H,4,13-15H2,1-3H3/t22-,23-/m0/s1. The maximum atomic E-state index is 13.3. The van der Waals surface area contributed by atoms with Gasteiger partial charge in [-0.15, -0.1) is 0 Å². The minimum absolute atomic E-state index is 0.0610. The van der Waals surface area contributed by atoms with Crippen LogP contribution >= 0.6 is 0 Å². The third kappa shape index (κ3) is 3.56. The van der Waals surface area contributed by atoms with Gasteiger partial charge in [-0.3, -0.25) is 9.79 Å². The Balaban J connectivity index is 1.84. The highest BCUT2D eigenvalue weighted by Gasteiger charge is 2.44. The number of carbonyl (C=O) groups excluding carboxylic acids is 1. The zero-order valence-electron chi connectivity index (χ0n) is 16.9. The molecule has 1 N–H and O–H groups in total. The van der Waals surface area contributed by atoms with Gasteiger partial charge in [-0.05, 0) is 36.5 Å². The number of Topliss-reactive ketones (excluding diaryl/α,β-unsaturated/α-hetero) is 1. The zero-order valence-corrected chi connectivity index (χ0v) is 16.9. The summed E-state index contributed by atoms with van der Waals surface area (Å²) in [6.45, 7) is 7.07. The summed E-state index contributed by atoms with van der Waals surface area (Å²) >= 11 is 0. The Kier molecular flexibility index (Phi) is 4.96. The lowest BCUT2D eigenvalue weighted by Gasteiger charge is -2.37. The Labute approximate surface area is 167 Å². The number of nitrogens with one attached hydrogen (secondary N) is 1. The Hall–Kier alpha value is -2.62. The summed E-state index contributed by atoms with van der Waals surface area (Å²) < 4.78 is 6.03. The van der Waals surface area contributed by atoms with Gasteiger partial charge in [0.15, 0.2) is 0 Å². The molecule has 28 heavy (non-hydrogen) atoms. The molecule has 2 aromatic rings. The molecule has 1 saturated carbocycles. The van der Waals surface area contributed by atoms with Crippen LogP contribution in [-0.2, 0) is 4.79 Å². The number of carbonyl (C=O) groups is 1. The molecule has 1 heterocycles. The molecule has 2 atom stereocenters. The van der Waals surface area contributed by atoms with Crippen molar-refractivity contribution in [1.29, 1.82) is 0 Å². The van der Waals surface area contributed by atoms with Crippen molar-refractivity contribution in [3.05, 3.63) is 54.1 Å². The van der Waals surface area contributed by atoms with Gasteiger partial charge in [0.05, 0.1) is 29.9 Å². The number of ether oxygens (including phenoxy) is 1. The summed E-state index contributed by atoms with van der Waals surface area (Å²) in [5.41, 5.74) is 3.81. The molecule has 1 aliphatic heterocycles. The van der Waals surface area contributed by atoms with Gasteiger partial charge in [-0.2, -0.15) is 0 Å². The minimum Gasteiger partial charge on any atom is -0.493 e. The van der Waals surface area contributed by atoms with Gasteiger partial charge in [0.25, 0.3) is 0 Å². The maximum Gasteiger partial charge on any atom is 0.144 e. The summed E-state index contributed by atoms with van der Waals surface area (Å²) in [7, 11) is 0. The first-order chi connectivity index (χ1) is 13.5. The van der Waals surface area contributed by atoms with Crippen molar-refractivity contribution < 1.29 is 9.53 Å². The number of benzene rings is 2. The molecule has 0 bridgehead atoms. The van der Waals surface area contributed by atoms with Crippen LogP contribution in [-0.4, -0.2) is 18.1 Å². The lowest BCUT2D eigenvalue weighted by molar-refractivity contribution is -0.124. The molecule has 2 aromatic carbocycles. The average molecular weight is 377 g/mol. The second-order valence-electron chi connectivity index (χ2n) is 8.59. The van der Waals surface area contributed by atoms with Gasteiger partial charge in [0, 0.05) is 17.7 Å². The molecule has 0 saturated heterocycles. The highest BCUT2D eigenvalue weighted by atomic mass is 16.5. The van der Waals surface area contributed by atoms with E-state index in [1.165, 1.54) is 0 Å². The van der Waals surface area contributed by atoms with Crippen LogP contribution in [0.25, 0.3) is 0 Å². The third-order valence-electron chi connectivity index (χ3n) is 5.55. The van der Waals surface area contributed by atoms with E-state index in [0.717, 1.165) is 41.2 Å². The highest BCUT2D eigenvalue weighted by Crippen LogP contribution is 2.46. The molecule has 1 fully saturated rings. The monoisotopic (exact) mass is 376 g/mol. The molecule has 0 spiro atoms. The number of rotatable bonds is 4. The minimum atomic E-state index is -0.271. The molecule has 4 heteroatoms. The van der Waals surface area contributed by atoms with E-state index < -0.39 is 0 Å².